The van der Waals surface area contributed by atoms with Gasteiger partial charge in [-0.05, 0) is 48.1 Å². The zero-order valence-electron chi connectivity index (χ0n) is 14.0. The molecule has 5 nitrogen and oxygen atoms in total. The quantitative estimate of drug-likeness (QED) is 0.700. The van der Waals surface area contributed by atoms with Gasteiger partial charge < -0.3 is 10.2 Å². The summed E-state index contributed by atoms with van der Waals surface area (Å²) in [6, 6.07) is 3.30. The third kappa shape index (κ3) is 3.44. The van der Waals surface area contributed by atoms with E-state index in [1.807, 2.05) is 17.8 Å². The molecule has 0 spiro atoms. The van der Waals surface area contributed by atoms with E-state index in [0.29, 0.717) is 21.0 Å². The number of carboxylic acids is 1. The summed E-state index contributed by atoms with van der Waals surface area (Å²) >= 11 is 5.34. The fraction of sp³-hybridized carbons (Fsp3) is 0.444. The summed E-state index contributed by atoms with van der Waals surface area (Å²) in [7, 11) is 0. The van der Waals surface area contributed by atoms with E-state index in [1.165, 1.54) is 6.07 Å². The average Bonchev–Trinajstić information content (AvgIpc) is 2.93. The first-order valence-corrected chi connectivity index (χ1v) is 10.1. The van der Waals surface area contributed by atoms with Crippen LogP contribution >= 0.6 is 27.7 Å². The van der Waals surface area contributed by atoms with Gasteiger partial charge in [0.05, 0.1) is 11.1 Å². The fourth-order valence-corrected chi connectivity index (χ4v) is 5.50. The van der Waals surface area contributed by atoms with Crippen molar-refractivity contribution >= 4 is 50.7 Å². The molecule has 2 aromatic rings. The Hall–Kier alpha value is -1.47. The Morgan fingerprint density at radius 3 is 2.64 bits per heavy atom. The van der Waals surface area contributed by atoms with E-state index in [0.717, 1.165) is 28.7 Å². The molecule has 1 aromatic carbocycles. The predicted molar refractivity (Wildman–Crippen MR) is 103 cm³/mol. The molecular formula is C18H20BrNO4S. The summed E-state index contributed by atoms with van der Waals surface area (Å²) in [5.74, 6) is 0.708. The fourth-order valence-electron chi connectivity index (χ4n) is 3.57. The molecule has 3 rings (SSSR count). The second-order valence-corrected chi connectivity index (χ2v) is 9.03. The lowest BCUT2D eigenvalue weighted by Crippen LogP contribution is -2.21. The standard InChI is InChI=1S/C18H20BrNO4S/c1-9(2)15-5-10(3-4-25-15)14-8-20(18(23)24)16-12(14)6-11(19)7-13(16)17(21)22/h6-10,15H,3-5H2,1-2H3,(H,21,22)(H,23,24). The van der Waals surface area contributed by atoms with Gasteiger partial charge in [-0.2, -0.15) is 11.8 Å². The Bertz CT molecular complexity index is 845. The van der Waals surface area contributed by atoms with Gasteiger partial charge in [0, 0.05) is 21.3 Å². The van der Waals surface area contributed by atoms with E-state index in [1.54, 1.807) is 6.20 Å². The normalized spacial score (nSPS) is 21.0. The molecule has 1 fully saturated rings. The zero-order chi connectivity index (χ0) is 18.3. The number of hydrogen-bond donors (Lipinski definition) is 2. The monoisotopic (exact) mass is 425 g/mol. The Labute approximate surface area is 158 Å². The molecule has 0 aliphatic carbocycles. The van der Waals surface area contributed by atoms with Crippen LogP contribution in [0.25, 0.3) is 10.9 Å². The van der Waals surface area contributed by atoms with Crippen LogP contribution in [-0.2, 0) is 0 Å². The molecule has 7 heteroatoms. The van der Waals surface area contributed by atoms with E-state index in [9.17, 15) is 19.8 Å². The van der Waals surface area contributed by atoms with Crippen molar-refractivity contribution in [1.82, 2.24) is 4.57 Å². The zero-order valence-corrected chi connectivity index (χ0v) is 16.4. The van der Waals surface area contributed by atoms with Gasteiger partial charge in [0.1, 0.15) is 0 Å². The number of fused-ring (bicyclic) bond motifs is 1. The van der Waals surface area contributed by atoms with Crippen LogP contribution in [0.2, 0.25) is 0 Å². The summed E-state index contributed by atoms with van der Waals surface area (Å²) < 4.78 is 1.71. The first-order valence-electron chi connectivity index (χ1n) is 8.22. The first kappa shape index (κ1) is 18.3. The van der Waals surface area contributed by atoms with E-state index >= 15 is 0 Å². The molecule has 1 saturated heterocycles. The number of carboxylic acid groups (broad SMARTS) is 2. The molecule has 2 unspecified atom stereocenters. The summed E-state index contributed by atoms with van der Waals surface area (Å²) in [4.78, 5) is 23.3. The number of carbonyl (C=O) groups is 2. The first-order chi connectivity index (χ1) is 11.8. The van der Waals surface area contributed by atoms with E-state index in [2.05, 4.69) is 29.8 Å². The van der Waals surface area contributed by atoms with Crippen molar-refractivity contribution in [3.8, 4) is 0 Å². The van der Waals surface area contributed by atoms with Gasteiger partial charge in [0.15, 0.2) is 0 Å². The summed E-state index contributed by atoms with van der Waals surface area (Å²) in [5, 5.41) is 20.3. The van der Waals surface area contributed by atoms with Crippen molar-refractivity contribution in [2.24, 2.45) is 5.92 Å². The third-order valence-corrected chi connectivity index (χ3v) is 6.92. The maximum atomic E-state index is 11.7. The molecule has 0 amide bonds. The molecule has 1 aliphatic heterocycles. The number of aromatic nitrogens is 1. The molecule has 1 aromatic heterocycles. The van der Waals surface area contributed by atoms with Gasteiger partial charge in [0.2, 0.25) is 0 Å². The number of benzene rings is 1. The number of thioether (sulfide) groups is 1. The van der Waals surface area contributed by atoms with Crippen LogP contribution < -0.4 is 0 Å². The van der Waals surface area contributed by atoms with Crippen molar-refractivity contribution in [3.63, 3.8) is 0 Å². The highest BCUT2D eigenvalue weighted by molar-refractivity contribution is 9.10. The third-order valence-electron chi connectivity index (χ3n) is 4.83. The van der Waals surface area contributed by atoms with Crippen LogP contribution in [0.4, 0.5) is 4.79 Å². The molecule has 2 N–H and O–H groups in total. The lowest BCUT2D eigenvalue weighted by molar-refractivity contribution is 0.0698. The van der Waals surface area contributed by atoms with Crippen LogP contribution in [0, 0.1) is 5.92 Å². The highest BCUT2D eigenvalue weighted by atomic mass is 79.9. The second kappa shape index (κ2) is 7.03. The highest BCUT2D eigenvalue weighted by Crippen LogP contribution is 2.43. The summed E-state index contributed by atoms with van der Waals surface area (Å²) in [5.41, 5.74) is 1.20. The Kier molecular flexibility index (Phi) is 5.16. The smallest absolute Gasteiger partial charge is 0.416 e. The Morgan fingerprint density at radius 1 is 1.32 bits per heavy atom. The maximum absolute atomic E-state index is 11.7. The lowest BCUT2D eigenvalue weighted by Gasteiger charge is -2.31. The van der Waals surface area contributed by atoms with Crippen LogP contribution in [0.5, 0.6) is 0 Å². The summed E-state index contributed by atoms with van der Waals surface area (Å²) in [6.45, 7) is 4.42. The molecule has 2 atom stereocenters. The van der Waals surface area contributed by atoms with Crippen LogP contribution in [-0.4, -0.2) is 37.8 Å². The largest absolute Gasteiger partial charge is 0.478 e. The van der Waals surface area contributed by atoms with Gasteiger partial charge in [-0.25, -0.2) is 9.59 Å². The maximum Gasteiger partial charge on any atom is 0.416 e. The highest BCUT2D eigenvalue weighted by Gasteiger charge is 2.30. The molecule has 134 valence electrons. The van der Waals surface area contributed by atoms with Gasteiger partial charge in [-0.3, -0.25) is 4.57 Å². The second-order valence-electron chi connectivity index (χ2n) is 6.77. The van der Waals surface area contributed by atoms with Gasteiger partial charge in [-0.1, -0.05) is 29.8 Å². The minimum atomic E-state index is -1.16. The van der Waals surface area contributed by atoms with Crippen molar-refractivity contribution in [2.75, 3.05) is 5.75 Å². The van der Waals surface area contributed by atoms with E-state index in [4.69, 9.17) is 0 Å². The van der Waals surface area contributed by atoms with Crippen LogP contribution in [0.1, 0.15) is 48.5 Å². The Morgan fingerprint density at radius 2 is 2.04 bits per heavy atom. The molecule has 25 heavy (non-hydrogen) atoms. The minimum Gasteiger partial charge on any atom is -0.478 e. The average molecular weight is 426 g/mol. The van der Waals surface area contributed by atoms with E-state index in [-0.39, 0.29) is 17.0 Å². The van der Waals surface area contributed by atoms with Crippen molar-refractivity contribution in [1.29, 1.82) is 0 Å². The van der Waals surface area contributed by atoms with Gasteiger partial charge in [-0.15, -0.1) is 0 Å². The van der Waals surface area contributed by atoms with Crippen molar-refractivity contribution in [2.45, 2.75) is 37.9 Å². The predicted octanol–water partition coefficient (Wildman–Crippen LogP) is 5.26. The number of aromatic carboxylic acids is 1. The lowest BCUT2D eigenvalue weighted by atomic mass is 9.88. The minimum absolute atomic E-state index is 0.00335. The van der Waals surface area contributed by atoms with Gasteiger partial charge >= 0.3 is 12.1 Å². The molecule has 0 radical (unpaired) electrons. The molecule has 0 bridgehead atoms. The number of halogens is 1. The topological polar surface area (TPSA) is 79.5 Å². The van der Waals surface area contributed by atoms with Crippen molar-refractivity contribution < 1.29 is 19.8 Å². The van der Waals surface area contributed by atoms with Crippen LogP contribution in [0.15, 0.2) is 22.8 Å². The number of nitrogens with zero attached hydrogens (tertiary/aromatic N) is 1. The molecule has 0 saturated carbocycles. The summed E-state index contributed by atoms with van der Waals surface area (Å²) in [6.07, 6.45) is 2.41. The van der Waals surface area contributed by atoms with Gasteiger partial charge in [0.25, 0.3) is 0 Å². The SMILES string of the molecule is CC(C)C1CC(c2cn(C(=O)O)c3c(C(=O)O)cc(Br)cc23)CCS1. The molecule has 2 heterocycles. The number of rotatable bonds is 3. The Balaban J connectivity index is 2.19. The van der Waals surface area contributed by atoms with Crippen molar-refractivity contribution in [3.05, 3.63) is 33.9 Å². The molecule has 1 aliphatic rings. The van der Waals surface area contributed by atoms with E-state index < -0.39 is 12.1 Å². The van der Waals surface area contributed by atoms with Crippen LogP contribution in [0.3, 0.4) is 0 Å². The molecular weight excluding hydrogens is 406 g/mol. The number of hydrogen-bond acceptors (Lipinski definition) is 3.